The average molecular weight is 410 g/mol. The van der Waals surface area contributed by atoms with Gasteiger partial charge in [0.1, 0.15) is 5.82 Å². The Morgan fingerprint density at radius 3 is 2.89 bits per heavy atom. The molecule has 0 N–H and O–H groups in total. The highest BCUT2D eigenvalue weighted by atomic mass is 32.2. The minimum absolute atomic E-state index is 0.0266. The minimum Gasteiger partial charge on any atom is -0.329 e. The van der Waals surface area contributed by atoms with Crippen molar-refractivity contribution in [2.75, 3.05) is 25.4 Å². The fourth-order valence-corrected chi connectivity index (χ4v) is 5.67. The predicted molar refractivity (Wildman–Crippen MR) is 102 cm³/mol. The van der Waals surface area contributed by atoms with Crippen molar-refractivity contribution in [3.8, 4) is 0 Å². The molecule has 2 aromatic rings. The Morgan fingerprint density at radius 1 is 1.30 bits per heavy atom. The lowest BCUT2D eigenvalue weighted by atomic mass is 9.98. The molecule has 1 atom stereocenters. The number of carbonyl (C=O) groups excluding carboxylic acids is 1. The molecule has 8 nitrogen and oxygen atoms in total. The summed E-state index contributed by atoms with van der Waals surface area (Å²) >= 11 is 1.44. The first-order chi connectivity index (χ1) is 13.0. The summed E-state index contributed by atoms with van der Waals surface area (Å²) in [5, 5.41) is 10.6. The number of amides is 1. The summed E-state index contributed by atoms with van der Waals surface area (Å²) in [4.78, 5) is 15.1. The third-order valence-corrected chi connectivity index (χ3v) is 8.01. The Hall–Kier alpha value is -1.78. The highest BCUT2D eigenvalue weighted by Crippen LogP contribution is 2.29. The maximum absolute atomic E-state index is 12.6. The van der Waals surface area contributed by atoms with Gasteiger partial charge in [0.05, 0.1) is 17.2 Å². The van der Waals surface area contributed by atoms with Gasteiger partial charge in [-0.15, -0.1) is 21.5 Å². The summed E-state index contributed by atoms with van der Waals surface area (Å²) in [5.41, 5.74) is 0. The van der Waals surface area contributed by atoms with Crippen molar-refractivity contribution in [1.82, 2.24) is 24.0 Å². The van der Waals surface area contributed by atoms with Gasteiger partial charge in [0, 0.05) is 32.1 Å². The Bertz CT molecular complexity index is 923. The molecule has 0 aliphatic carbocycles. The van der Waals surface area contributed by atoms with E-state index in [1.54, 1.807) is 16.1 Å². The molecular formula is C17H23N5O3S2. The number of hydrogen-bond donors (Lipinski definition) is 0. The molecule has 0 bridgehead atoms. The first-order valence-corrected chi connectivity index (χ1v) is 11.7. The van der Waals surface area contributed by atoms with Crippen molar-refractivity contribution in [1.29, 1.82) is 0 Å². The van der Waals surface area contributed by atoms with Gasteiger partial charge in [0.2, 0.25) is 10.0 Å². The van der Waals surface area contributed by atoms with Crippen molar-refractivity contribution >= 4 is 27.3 Å². The molecule has 1 amide bonds. The summed E-state index contributed by atoms with van der Waals surface area (Å²) < 4.78 is 28.1. The number of rotatable bonds is 4. The summed E-state index contributed by atoms with van der Waals surface area (Å²) in [6, 6.07) is 3.71. The van der Waals surface area contributed by atoms with Crippen LogP contribution < -0.4 is 0 Å². The quantitative estimate of drug-likeness (QED) is 0.764. The number of aromatic nitrogens is 3. The first kappa shape index (κ1) is 18.6. The highest BCUT2D eigenvalue weighted by molar-refractivity contribution is 7.89. The van der Waals surface area contributed by atoms with E-state index in [-0.39, 0.29) is 17.6 Å². The Kier molecular flexibility index (Phi) is 5.04. The second-order valence-electron chi connectivity index (χ2n) is 6.93. The second-order valence-corrected chi connectivity index (χ2v) is 10.1. The summed E-state index contributed by atoms with van der Waals surface area (Å²) in [6.07, 6.45) is 1.74. The van der Waals surface area contributed by atoms with Crippen LogP contribution in [0.1, 0.15) is 47.0 Å². The fourth-order valence-electron chi connectivity index (χ4n) is 3.80. The summed E-state index contributed by atoms with van der Waals surface area (Å²) in [6.45, 7) is 4.41. The first-order valence-electron chi connectivity index (χ1n) is 9.22. The normalized spacial score (nSPS) is 21.2. The van der Waals surface area contributed by atoms with Crippen molar-refractivity contribution in [2.24, 2.45) is 0 Å². The monoisotopic (exact) mass is 409 g/mol. The van der Waals surface area contributed by atoms with Gasteiger partial charge >= 0.3 is 0 Å². The predicted octanol–water partition coefficient (Wildman–Crippen LogP) is 1.52. The molecule has 0 spiro atoms. The molecule has 0 aromatic carbocycles. The second kappa shape index (κ2) is 7.33. The van der Waals surface area contributed by atoms with Crippen LogP contribution in [-0.4, -0.2) is 63.7 Å². The van der Waals surface area contributed by atoms with Gasteiger partial charge in [0.15, 0.2) is 5.82 Å². The zero-order valence-electron chi connectivity index (χ0n) is 15.2. The number of hydrogen-bond acceptors (Lipinski definition) is 6. The molecule has 2 aliphatic rings. The smallest absolute Gasteiger partial charge is 0.264 e. The maximum Gasteiger partial charge on any atom is 0.264 e. The standard InChI is InChI=1S/C17H23N5O3S2/c1-2-27(24,25)21-7-3-5-13(11-21)16-19-18-15-12-20(8-9-22(15)16)17(23)14-6-4-10-26-14/h4,6,10,13H,2-3,5,7-9,11-12H2,1H3. The lowest BCUT2D eigenvalue weighted by Crippen LogP contribution is -2.42. The van der Waals surface area contributed by atoms with Crippen LogP contribution in [0.2, 0.25) is 0 Å². The third-order valence-electron chi connectivity index (χ3n) is 5.31. The summed E-state index contributed by atoms with van der Waals surface area (Å²) in [7, 11) is -3.19. The van der Waals surface area contributed by atoms with E-state index in [2.05, 4.69) is 14.8 Å². The van der Waals surface area contributed by atoms with Gasteiger partial charge in [-0.3, -0.25) is 4.79 Å². The number of piperidine rings is 1. The van der Waals surface area contributed by atoms with Crippen molar-refractivity contribution in [2.45, 2.75) is 38.8 Å². The van der Waals surface area contributed by atoms with Crippen LogP contribution in [0.25, 0.3) is 0 Å². The third kappa shape index (κ3) is 3.53. The zero-order valence-corrected chi connectivity index (χ0v) is 16.9. The Balaban J connectivity index is 1.51. The van der Waals surface area contributed by atoms with Crippen LogP contribution in [0.4, 0.5) is 0 Å². The molecule has 0 radical (unpaired) electrons. The zero-order chi connectivity index (χ0) is 19.0. The molecule has 1 unspecified atom stereocenters. The van der Waals surface area contributed by atoms with Crippen LogP contribution in [-0.2, 0) is 23.1 Å². The highest BCUT2D eigenvalue weighted by Gasteiger charge is 2.33. The van der Waals surface area contributed by atoms with E-state index in [9.17, 15) is 13.2 Å². The van der Waals surface area contributed by atoms with E-state index in [4.69, 9.17) is 0 Å². The summed E-state index contributed by atoms with van der Waals surface area (Å²) in [5.74, 6) is 1.83. The van der Waals surface area contributed by atoms with Gasteiger partial charge in [-0.2, -0.15) is 0 Å². The number of nitrogens with zero attached hydrogens (tertiary/aromatic N) is 5. The van der Waals surface area contributed by atoms with E-state index < -0.39 is 10.0 Å². The lowest BCUT2D eigenvalue weighted by Gasteiger charge is -2.33. The lowest BCUT2D eigenvalue weighted by molar-refractivity contribution is 0.0710. The van der Waals surface area contributed by atoms with E-state index in [0.717, 1.165) is 29.4 Å². The molecule has 4 heterocycles. The molecule has 2 aliphatic heterocycles. The van der Waals surface area contributed by atoms with Crippen LogP contribution in [0.15, 0.2) is 17.5 Å². The molecule has 1 saturated heterocycles. The number of fused-ring (bicyclic) bond motifs is 1. The molecule has 10 heteroatoms. The molecule has 27 heavy (non-hydrogen) atoms. The van der Waals surface area contributed by atoms with Crippen LogP contribution >= 0.6 is 11.3 Å². The number of sulfonamides is 1. The van der Waals surface area contributed by atoms with E-state index in [1.165, 1.54) is 11.3 Å². The number of thiophene rings is 1. The van der Waals surface area contributed by atoms with Crippen molar-refractivity contribution in [3.63, 3.8) is 0 Å². The van der Waals surface area contributed by atoms with Crippen molar-refractivity contribution < 1.29 is 13.2 Å². The Morgan fingerprint density at radius 2 is 2.15 bits per heavy atom. The Labute approximate surface area is 162 Å². The van der Waals surface area contributed by atoms with E-state index >= 15 is 0 Å². The van der Waals surface area contributed by atoms with Crippen LogP contribution in [0, 0.1) is 0 Å². The van der Waals surface area contributed by atoms with Gasteiger partial charge in [-0.05, 0) is 31.2 Å². The van der Waals surface area contributed by atoms with Gasteiger partial charge in [-0.1, -0.05) is 6.07 Å². The van der Waals surface area contributed by atoms with Gasteiger partial charge in [0.25, 0.3) is 5.91 Å². The number of carbonyl (C=O) groups is 1. The maximum atomic E-state index is 12.6. The topological polar surface area (TPSA) is 88.4 Å². The molecule has 0 saturated carbocycles. The van der Waals surface area contributed by atoms with Crippen molar-refractivity contribution in [3.05, 3.63) is 34.0 Å². The minimum atomic E-state index is -3.19. The van der Waals surface area contributed by atoms with Gasteiger partial charge in [-0.25, -0.2) is 12.7 Å². The van der Waals surface area contributed by atoms with Crippen LogP contribution in [0.3, 0.4) is 0 Å². The molecule has 2 aromatic heterocycles. The molecule has 1 fully saturated rings. The molecule has 4 rings (SSSR count). The average Bonchev–Trinajstić information content (AvgIpc) is 3.37. The van der Waals surface area contributed by atoms with Gasteiger partial charge < -0.3 is 9.47 Å². The van der Waals surface area contributed by atoms with E-state index in [0.29, 0.717) is 32.7 Å². The molecule has 146 valence electrons. The van der Waals surface area contributed by atoms with E-state index in [1.807, 2.05) is 17.5 Å². The SMILES string of the molecule is CCS(=O)(=O)N1CCCC(c2nnc3n2CCN(C(=O)c2cccs2)C3)C1. The largest absolute Gasteiger partial charge is 0.329 e. The molecular weight excluding hydrogens is 386 g/mol. The fraction of sp³-hybridized carbons (Fsp3) is 0.588. The van der Waals surface area contributed by atoms with Crippen LogP contribution in [0.5, 0.6) is 0 Å².